The Hall–Kier alpha value is -0.700. The summed E-state index contributed by atoms with van der Waals surface area (Å²) in [5, 5.41) is 0. The molecule has 0 rings (SSSR count). The Balaban J connectivity index is 3.39. The van der Waals surface area contributed by atoms with Gasteiger partial charge in [-0.2, -0.15) is 0 Å². The van der Waals surface area contributed by atoms with Gasteiger partial charge in [-0.05, 0) is 37.5 Å². The van der Waals surface area contributed by atoms with E-state index in [1.807, 2.05) is 0 Å². The van der Waals surface area contributed by atoms with Gasteiger partial charge in [0.25, 0.3) is 0 Å². The van der Waals surface area contributed by atoms with Crippen LogP contribution in [0, 0.1) is 11.8 Å². The summed E-state index contributed by atoms with van der Waals surface area (Å²) in [6.07, 6.45) is 9.64. The molecule has 0 aliphatic carbocycles. The topological polar surface area (TPSA) is 43.4 Å². The number of carbonyl (C=O) groups is 2. The molecule has 0 aliphatic rings. The lowest BCUT2D eigenvalue weighted by Gasteiger charge is -2.06. The minimum atomic E-state index is 0.271. The van der Waals surface area contributed by atoms with Crippen molar-refractivity contribution < 1.29 is 14.3 Å². The fourth-order valence-electron chi connectivity index (χ4n) is 2.58. The van der Waals surface area contributed by atoms with Gasteiger partial charge in [-0.25, -0.2) is 0 Å². The van der Waals surface area contributed by atoms with Gasteiger partial charge in [-0.15, -0.1) is 0 Å². The van der Waals surface area contributed by atoms with Crippen molar-refractivity contribution in [1.82, 2.24) is 0 Å². The number of carbonyl (C=O) groups excluding carboxylic acids is 2. The molecular formula is C21H40O3. The van der Waals surface area contributed by atoms with Gasteiger partial charge in [0.1, 0.15) is 11.6 Å². The van der Waals surface area contributed by atoms with Crippen LogP contribution >= 0.6 is 0 Å². The molecular weight excluding hydrogens is 300 g/mol. The van der Waals surface area contributed by atoms with Crippen molar-refractivity contribution in [3.05, 3.63) is 0 Å². The molecule has 0 atom stereocenters. The number of ether oxygens (including phenoxy) is 1. The van der Waals surface area contributed by atoms with E-state index in [0.29, 0.717) is 44.0 Å². The van der Waals surface area contributed by atoms with E-state index in [1.165, 1.54) is 12.8 Å². The van der Waals surface area contributed by atoms with Crippen molar-refractivity contribution in [3.8, 4) is 0 Å². The molecule has 0 aromatic rings. The second-order valence-electron chi connectivity index (χ2n) is 7.82. The molecule has 0 aromatic heterocycles. The highest BCUT2D eigenvalue weighted by atomic mass is 16.5. The van der Waals surface area contributed by atoms with Gasteiger partial charge in [0.15, 0.2) is 0 Å². The number of hydrogen-bond acceptors (Lipinski definition) is 3. The molecule has 0 radical (unpaired) electrons. The van der Waals surface area contributed by atoms with Crippen LogP contribution < -0.4 is 0 Å². The normalized spacial score (nSPS) is 11.4. The molecule has 0 fully saturated rings. The third kappa shape index (κ3) is 17.7. The van der Waals surface area contributed by atoms with Gasteiger partial charge in [0.05, 0.1) is 0 Å². The summed E-state index contributed by atoms with van der Waals surface area (Å²) in [6.45, 7) is 10.3. The van der Waals surface area contributed by atoms with E-state index in [2.05, 4.69) is 27.7 Å². The molecule has 0 bridgehead atoms. The summed E-state index contributed by atoms with van der Waals surface area (Å²) in [5.41, 5.74) is 0. The van der Waals surface area contributed by atoms with Crippen LogP contribution in [0.3, 0.4) is 0 Å². The van der Waals surface area contributed by atoms with Gasteiger partial charge in [-0.1, -0.05) is 47.0 Å². The molecule has 0 N–H and O–H groups in total. The fraction of sp³-hybridized carbons (Fsp3) is 0.905. The largest absolute Gasteiger partial charge is 0.381 e. The zero-order valence-electron chi connectivity index (χ0n) is 16.6. The highest BCUT2D eigenvalue weighted by Gasteiger charge is 2.06. The highest BCUT2D eigenvalue weighted by molar-refractivity contribution is 5.81. The maximum absolute atomic E-state index is 11.8. The maximum Gasteiger partial charge on any atom is 0.133 e. The van der Waals surface area contributed by atoms with Crippen molar-refractivity contribution in [3.63, 3.8) is 0 Å². The van der Waals surface area contributed by atoms with Gasteiger partial charge in [-0.3, -0.25) is 9.59 Å². The van der Waals surface area contributed by atoms with E-state index in [4.69, 9.17) is 4.74 Å². The third-order valence-electron chi connectivity index (χ3n) is 4.23. The summed E-state index contributed by atoms with van der Waals surface area (Å²) in [5.74, 6) is 2.02. The lowest BCUT2D eigenvalue weighted by Crippen LogP contribution is -2.05. The zero-order valence-corrected chi connectivity index (χ0v) is 16.6. The van der Waals surface area contributed by atoms with Crippen molar-refractivity contribution >= 4 is 11.6 Å². The molecule has 0 aromatic carbocycles. The number of Topliss-reactive ketones (excluding diaryl/α,β-unsaturated/α-hetero) is 2. The second-order valence-corrected chi connectivity index (χ2v) is 7.82. The minimum absolute atomic E-state index is 0.271. The number of rotatable bonds is 17. The molecule has 0 saturated heterocycles. The van der Waals surface area contributed by atoms with Gasteiger partial charge in [0.2, 0.25) is 0 Å². The molecule has 0 aliphatic heterocycles. The molecule has 3 nitrogen and oxygen atoms in total. The molecule has 24 heavy (non-hydrogen) atoms. The molecule has 0 amide bonds. The fourth-order valence-corrected chi connectivity index (χ4v) is 2.58. The Morgan fingerprint density at radius 3 is 1.75 bits per heavy atom. The smallest absolute Gasteiger partial charge is 0.133 e. The van der Waals surface area contributed by atoms with Crippen LogP contribution in [0.5, 0.6) is 0 Å². The average Bonchev–Trinajstić information content (AvgIpc) is 2.49. The zero-order chi connectivity index (χ0) is 18.2. The Morgan fingerprint density at radius 2 is 1.17 bits per heavy atom. The highest BCUT2D eigenvalue weighted by Crippen LogP contribution is 2.11. The quantitative estimate of drug-likeness (QED) is 0.317. The Morgan fingerprint density at radius 1 is 0.625 bits per heavy atom. The SMILES string of the molecule is CC(C)CCCCCC(=O)CCCC(=O)CCCOCCC(C)C. The first-order valence-electron chi connectivity index (χ1n) is 10.0. The van der Waals surface area contributed by atoms with Crippen LogP contribution in [0.25, 0.3) is 0 Å². The number of unbranched alkanes of at least 4 members (excludes halogenated alkanes) is 2. The van der Waals surface area contributed by atoms with E-state index in [1.54, 1.807) is 0 Å². The van der Waals surface area contributed by atoms with Crippen molar-refractivity contribution in [2.45, 2.75) is 98.3 Å². The minimum Gasteiger partial charge on any atom is -0.381 e. The molecule has 0 spiro atoms. The molecule has 0 saturated carbocycles. The van der Waals surface area contributed by atoms with Gasteiger partial charge < -0.3 is 4.74 Å². The first-order chi connectivity index (χ1) is 11.4. The van der Waals surface area contributed by atoms with Gasteiger partial charge in [0, 0.05) is 38.9 Å². The van der Waals surface area contributed by atoms with E-state index >= 15 is 0 Å². The average molecular weight is 341 g/mol. The van der Waals surface area contributed by atoms with Crippen LogP contribution in [0.1, 0.15) is 98.3 Å². The predicted octanol–water partition coefficient (Wildman–Crippen LogP) is 5.74. The maximum atomic E-state index is 11.8. The van der Waals surface area contributed by atoms with Crippen molar-refractivity contribution in [2.24, 2.45) is 11.8 Å². The third-order valence-corrected chi connectivity index (χ3v) is 4.23. The van der Waals surface area contributed by atoms with Crippen LogP contribution in [-0.2, 0) is 14.3 Å². The molecule has 0 unspecified atom stereocenters. The van der Waals surface area contributed by atoms with Crippen LogP contribution in [0.4, 0.5) is 0 Å². The van der Waals surface area contributed by atoms with Gasteiger partial charge >= 0.3 is 0 Å². The summed E-state index contributed by atoms with van der Waals surface area (Å²) >= 11 is 0. The van der Waals surface area contributed by atoms with E-state index in [9.17, 15) is 9.59 Å². The van der Waals surface area contributed by atoms with Crippen LogP contribution in [0.15, 0.2) is 0 Å². The first-order valence-corrected chi connectivity index (χ1v) is 10.0. The molecule has 142 valence electrons. The number of hydrogen-bond donors (Lipinski definition) is 0. The van der Waals surface area contributed by atoms with E-state index < -0.39 is 0 Å². The summed E-state index contributed by atoms with van der Waals surface area (Å²) in [4.78, 5) is 23.5. The lowest BCUT2D eigenvalue weighted by atomic mass is 10.0. The number of ketones is 2. The second kappa shape index (κ2) is 15.8. The summed E-state index contributed by atoms with van der Waals surface area (Å²) < 4.78 is 5.51. The van der Waals surface area contributed by atoms with Crippen LogP contribution in [0.2, 0.25) is 0 Å². The summed E-state index contributed by atoms with van der Waals surface area (Å²) in [7, 11) is 0. The monoisotopic (exact) mass is 340 g/mol. The molecule has 0 heterocycles. The van der Waals surface area contributed by atoms with E-state index in [0.717, 1.165) is 44.6 Å². The predicted molar refractivity (Wildman–Crippen MR) is 101 cm³/mol. The Bertz CT molecular complexity index is 321. The first kappa shape index (κ1) is 23.3. The Labute approximate surface area is 149 Å². The van der Waals surface area contributed by atoms with Crippen molar-refractivity contribution in [2.75, 3.05) is 13.2 Å². The van der Waals surface area contributed by atoms with Crippen molar-refractivity contribution in [1.29, 1.82) is 0 Å². The lowest BCUT2D eigenvalue weighted by molar-refractivity contribution is -0.120. The standard InChI is InChI=1S/C21H40O3/c1-18(2)10-6-5-7-11-20(22)12-8-13-21(23)14-9-16-24-17-15-19(3)4/h18-19H,5-17H2,1-4H3. The van der Waals surface area contributed by atoms with Crippen LogP contribution in [-0.4, -0.2) is 24.8 Å². The van der Waals surface area contributed by atoms with E-state index in [-0.39, 0.29) is 5.78 Å². The molecule has 3 heteroatoms. The summed E-state index contributed by atoms with van der Waals surface area (Å²) in [6, 6.07) is 0. The Kier molecular flexibility index (Phi) is 15.3.